The van der Waals surface area contributed by atoms with Gasteiger partial charge in [-0.25, -0.2) is 14.6 Å². The average Bonchev–Trinajstić information content (AvgIpc) is 3.32. The largest absolute Gasteiger partial charge is 0.483 e. The molecule has 0 saturated carbocycles. The van der Waals surface area contributed by atoms with Gasteiger partial charge in [0.1, 0.15) is 17.9 Å². The Balaban J connectivity index is 1.26. The van der Waals surface area contributed by atoms with Crippen molar-refractivity contribution in [3.63, 3.8) is 0 Å². The lowest BCUT2D eigenvalue weighted by Crippen LogP contribution is -2.50. The van der Waals surface area contributed by atoms with E-state index >= 15 is 0 Å². The highest BCUT2D eigenvalue weighted by atomic mass is 35.5. The van der Waals surface area contributed by atoms with Gasteiger partial charge >= 0.3 is 0 Å². The van der Waals surface area contributed by atoms with Crippen molar-refractivity contribution in [1.29, 1.82) is 0 Å². The van der Waals surface area contributed by atoms with E-state index in [2.05, 4.69) is 26.9 Å². The second kappa shape index (κ2) is 9.69. The van der Waals surface area contributed by atoms with E-state index < -0.39 is 0 Å². The number of rotatable bonds is 6. The summed E-state index contributed by atoms with van der Waals surface area (Å²) < 4.78 is 7.58. The number of para-hydroxylation sites is 1. The minimum Gasteiger partial charge on any atom is -0.483 e. The van der Waals surface area contributed by atoms with Crippen LogP contribution >= 0.6 is 11.6 Å². The minimum absolute atomic E-state index is 0.00725. The SMILES string of the molecule is CCc1ccccc1OCC(=O)N1CCN(c2ncnc3c2cnn3-c2cccc(Cl)c2)CC1. The maximum Gasteiger partial charge on any atom is 0.260 e. The molecule has 1 saturated heterocycles. The number of aromatic nitrogens is 4. The van der Waals surface area contributed by atoms with E-state index in [1.54, 1.807) is 17.2 Å². The van der Waals surface area contributed by atoms with Crippen LogP contribution in [-0.2, 0) is 11.2 Å². The maximum atomic E-state index is 12.7. The fourth-order valence-electron chi connectivity index (χ4n) is 4.22. The Hall–Kier alpha value is -3.65. The van der Waals surface area contributed by atoms with Crippen LogP contribution in [0.4, 0.5) is 5.82 Å². The zero-order chi connectivity index (χ0) is 23.5. The van der Waals surface area contributed by atoms with E-state index in [0.29, 0.717) is 36.8 Å². The molecule has 0 aliphatic carbocycles. The Morgan fingerprint density at radius 3 is 2.68 bits per heavy atom. The molecule has 4 aromatic rings. The van der Waals surface area contributed by atoms with Gasteiger partial charge in [0.2, 0.25) is 0 Å². The summed E-state index contributed by atoms with van der Waals surface area (Å²) in [6, 6.07) is 15.3. The topological polar surface area (TPSA) is 76.4 Å². The fourth-order valence-corrected chi connectivity index (χ4v) is 4.40. The molecule has 1 aliphatic rings. The lowest BCUT2D eigenvalue weighted by molar-refractivity contribution is -0.133. The van der Waals surface area contributed by atoms with Crippen LogP contribution in [0.1, 0.15) is 12.5 Å². The van der Waals surface area contributed by atoms with Gasteiger partial charge in [0.05, 0.1) is 17.3 Å². The van der Waals surface area contributed by atoms with Gasteiger partial charge < -0.3 is 14.5 Å². The first-order valence-electron chi connectivity index (χ1n) is 11.3. The molecular weight excluding hydrogens is 452 g/mol. The first-order valence-corrected chi connectivity index (χ1v) is 11.7. The van der Waals surface area contributed by atoms with Gasteiger partial charge in [-0.3, -0.25) is 4.79 Å². The summed E-state index contributed by atoms with van der Waals surface area (Å²) in [4.78, 5) is 25.7. The molecule has 0 atom stereocenters. The van der Waals surface area contributed by atoms with Crippen LogP contribution < -0.4 is 9.64 Å². The van der Waals surface area contributed by atoms with Gasteiger partial charge in [-0.1, -0.05) is 42.8 Å². The molecule has 0 N–H and O–H groups in total. The monoisotopic (exact) mass is 476 g/mol. The molecule has 5 rings (SSSR count). The van der Waals surface area contributed by atoms with Gasteiger partial charge in [-0.05, 0) is 36.2 Å². The number of nitrogens with zero attached hydrogens (tertiary/aromatic N) is 6. The van der Waals surface area contributed by atoms with E-state index in [1.807, 2.05) is 53.4 Å². The van der Waals surface area contributed by atoms with E-state index in [4.69, 9.17) is 16.3 Å². The molecule has 3 heterocycles. The second-order valence-corrected chi connectivity index (χ2v) is 8.53. The Morgan fingerprint density at radius 2 is 1.88 bits per heavy atom. The van der Waals surface area contributed by atoms with Gasteiger partial charge in [0, 0.05) is 31.2 Å². The minimum atomic E-state index is -0.00725. The molecule has 34 heavy (non-hydrogen) atoms. The summed E-state index contributed by atoms with van der Waals surface area (Å²) >= 11 is 6.15. The van der Waals surface area contributed by atoms with Crippen LogP contribution in [0.5, 0.6) is 5.75 Å². The number of hydrogen-bond acceptors (Lipinski definition) is 6. The molecule has 2 aromatic heterocycles. The van der Waals surface area contributed by atoms with E-state index in [1.165, 1.54) is 0 Å². The third kappa shape index (κ3) is 4.41. The van der Waals surface area contributed by atoms with Gasteiger partial charge in [0.15, 0.2) is 12.3 Å². The molecule has 0 spiro atoms. The molecule has 9 heteroatoms. The number of piperazine rings is 1. The average molecular weight is 477 g/mol. The number of fused-ring (bicyclic) bond motifs is 1. The van der Waals surface area contributed by atoms with Crippen LogP contribution in [0.15, 0.2) is 61.1 Å². The smallest absolute Gasteiger partial charge is 0.260 e. The number of amides is 1. The molecule has 1 fully saturated rings. The van der Waals surface area contributed by atoms with E-state index in [-0.39, 0.29) is 12.5 Å². The normalized spacial score (nSPS) is 13.9. The number of benzene rings is 2. The van der Waals surface area contributed by atoms with Crippen LogP contribution in [0.25, 0.3) is 16.7 Å². The van der Waals surface area contributed by atoms with Crippen molar-refractivity contribution < 1.29 is 9.53 Å². The van der Waals surface area contributed by atoms with Crippen LogP contribution in [0.2, 0.25) is 5.02 Å². The molecule has 1 aliphatic heterocycles. The summed E-state index contributed by atoms with van der Waals surface area (Å²) in [5, 5.41) is 6.02. The molecule has 174 valence electrons. The highest BCUT2D eigenvalue weighted by Crippen LogP contribution is 2.26. The Morgan fingerprint density at radius 1 is 1.06 bits per heavy atom. The summed E-state index contributed by atoms with van der Waals surface area (Å²) in [6.07, 6.45) is 4.20. The number of carbonyl (C=O) groups excluding carboxylic acids is 1. The van der Waals surface area contributed by atoms with Crippen molar-refractivity contribution in [1.82, 2.24) is 24.6 Å². The molecule has 2 aromatic carbocycles. The van der Waals surface area contributed by atoms with E-state index in [9.17, 15) is 4.79 Å². The quantitative estimate of drug-likeness (QED) is 0.422. The summed E-state index contributed by atoms with van der Waals surface area (Å²) in [5.41, 5.74) is 2.66. The summed E-state index contributed by atoms with van der Waals surface area (Å²) in [7, 11) is 0. The Kier molecular flexibility index (Phi) is 6.31. The van der Waals surface area contributed by atoms with Crippen molar-refractivity contribution in [2.75, 3.05) is 37.7 Å². The molecular formula is C25H25ClN6O2. The van der Waals surface area contributed by atoms with Crippen molar-refractivity contribution >= 4 is 34.4 Å². The molecule has 8 nitrogen and oxygen atoms in total. The predicted octanol–water partition coefficient (Wildman–Crippen LogP) is 3.76. The highest BCUT2D eigenvalue weighted by molar-refractivity contribution is 6.30. The second-order valence-electron chi connectivity index (χ2n) is 8.09. The number of halogens is 1. The summed E-state index contributed by atoms with van der Waals surface area (Å²) in [5.74, 6) is 1.59. The third-order valence-corrected chi connectivity index (χ3v) is 6.27. The highest BCUT2D eigenvalue weighted by Gasteiger charge is 2.24. The Labute approximate surface area is 202 Å². The molecule has 1 amide bonds. The zero-order valence-corrected chi connectivity index (χ0v) is 19.6. The molecule has 0 radical (unpaired) electrons. The van der Waals surface area contributed by atoms with Crippen LogP contribution in [-0.4, -0.2) is 63.3 Å². The van der Waals surface area contributed by atoms with Crippen LogP contribution in [0.3, 0.4) is 0 Å². The molecule has 0 unspecified atom stereocenters. The van der Waals surface area contributed by atoms with Crippen LogP contribution in [0, 0.1) is 0 Å². The maximum absolute atomic E-state index is 12.7. The zero-order valence-electron chi connectivity index (χ0n) is 18.9. The van der Waals surface area contributed by atoms with Gasteiger partial charge in [-0.2, -0.15) is 5.10 Å². The fraction of sp³-hybridized carbons (Fsp3) is 0.280. The standard InChI is InChI=1S/C25H25ClN6O2/c1-2-18-6-3-4-9-22(18)34-16-23(33)30-10-12-31(13-11-30)24-21-15-29-32(25(21)28-17-27-24)20-8-5-7-19(26)14-20/h3-9,14-15,17H,2,10-13,16H2,1H3. The number of hydrogen-bond donors (Lipinski definition) is 0. The van der Waals surface area contributed by atoms with Crippen molar-refractivity contribution in [2.24, 2.45) is 0 Å². The lowest BCUT2D eigenvalue weighted by atomic mass is 10.1. The number of aryl methyl sites for hydroxylation is 1. The van der Waals surface area contributed by atoms with Gasteiger partial charge in [0.25, 0.3) is 5.91 Å². The number of ether oxygens (including phenoxy) is 1. The van der Waals surface area contributed by atoms with Crippen molar-refractivity contribution in [2.45, 2.75) is 13.3 Å². The third-order valence-electron chi connectivity index (χ3n) is 6.03. The molecule has 0 bridgehead atoms. The predicted molar refractivity (Wildman–Crippen MR) is 132 cm³/mol. The number of anilines is 1. The first kappa shape index (κ1) is 22.2. The van der Waals surface area contributed by atoms with Crippen molar-refractivity contribution in [3.05, 3.63) is 71.6 Å². The Bertz CT molecular complexity index is 1320. The number of carbonyl (C=O) groups is 1. The van der Waals surface area contributed by atoms with Crippen molar-refractivity contribution in [3.8, 4) is 11.4 Å². The first-order chi connectivity index (χ1) is 16.6. The van der Waals surface area contributed by atoms with E-state index in [0.717, 1.165) is 34.6 Å². The summed E-state index contributed by atoms with van der Waals surface area (Å²) in [6.45, 7) is 4.67. The van der Waals surface area contributed by atoms with Gasteiger partial charge in [-0.15, -0.1) is 0 Å². The lowest BCUT2D eigenvalue weighted by Gasteiger charge is -2.35.